The minimum Gasteiger partial charge on any atom is -0.298 e. The molecule has 0 saturated heterocycles. The molecule has 0 heterocycles. The lowest BCUT2D eigenvalue weighted by Gasteiger charge is -2.03. The first-order valence-corrected chi connectivity index (χ1v) is 6.65. The van der Waals surface area contributed by atoms with Crippen LogP contribution in [0.5, 0.6) is 0 Å². The van der Waals surface area contributed by atoms with Crippen molar-refractivity contribution in [1.82, 2.24) is 0 Å². The fourth-order valence-corrected chi connectivity index (χ4v) is 2.10. The van der Waals surface area contributed by atoms with Gasteiger partial charge in [-0.3, -0.25) is 4.79 Å². The Morgan fingerprint density at radius 2 is 2.15 bits per heavy atom. The summed E-state index contributed by atoms with van der Waals surface area (Å²) < 4.78 is 2.17. The van der Waals surface area contributed by atoms with Gasteiger partial charge in [0, 0.05) is 14.5 Å². The average molecular weight is 418 g/mol. The molecule has 0 atom stereocenters. The number of hydrogen-bond donors (Lipinski definition) is 0. The number of halogens is 3. The fraction of sp³-hybridized carbons (Fsp3) is 0.222. The first-order valence-electron chi connectivity index (χ1n) is 3.65. The topological polar surface area (TPSA) is 17.1 Å². The van der Waals surface area contributed by atoms with Gasteiger partial charge < -0.3 is 0 Å². The molecule has 0 fully saturated rings. The third-order valence-electron chi connectivity index (χ3n) is 1.57. The molecular weight excluding hydrogens is 411 g/mol. The molecule has 0 saturated carbocycles. The molecule has 0 spiro atoms. The molecule has 0 N–H and O–H groups in total. The predicted octanol–water partition coefficient (Wildman–Crippen LogP) is 3.56. The summed E-state index contributed by atoms with van der Waals surface area (Å²) in [4.78, 5) is 11.2. The fourth-order valence-electron chi connectivity index (χ4n) is 0.945. The van der Waals surface area contributed by atoms with E-state index in [1.807, 2.05) is 18.2 Å². The molecule has 1 nitrogen and oxygen atoms in total. The summed E-state index contributed by atoms with van der Waals surface area (Å²) in [6.07, 6.45) is 0.489. The lowest BCUT2D eigenvalue weighted by Crippen LogP contribution is -2.04. The highest BCUT2D eigenvalue weighted by Crippen LogP contribution is 2.23. The molecular formula is C9H7Br2IO. The first kappa shape index (κ1) is 11.7. The summed E-state index contributed by atoms with van der Waals surface area (Å²) in [5.74, 6) is 0.197. The van der Waals surface area contributed by atoms with Gasteiger partial charge in [-0.1, -0.05) is 28.1 Å². The van der Waals surface area contributed by atoms with E-state index in [4.69, 9.17) is 0 Å². The maximum Gasteiger partial charge on any atom is 0.147 e. The quantitative estimate of drug-likeness (QED) is 0.543. The number of ketones is 1. The van der Waals surface area contributed by atoms with Crippen LogP contribution in [0.1, 0.15) is 5.56 Å². The van der Waals surface area contributed by atoms with Crippen LogP contribution in [0.25, 0.3) is 0 Å². The Balaban J connectivity index is 2.89. The van der Waals surface area contributed by atoms with E-state index in [1.54, 1.807) is 0 Å². The van der Waals surface area contributed by atoms with Crippen molar-refractivity contribution in [3.05, 3.63) is 31.8 Å². The van der Waals surface area contributed by atoms with Gasteiger partial charge in [0.1, 0.15) is 5.78 Å². The van der Waals surface area contributed by atoms with Crippen molar-refractivity contribution in [2.45, 2.75) is 6.42 Å². The second kappa shape index (κ2) is 5.46. The third-order valence-corrected chi connectivity index (χ3v) is 4.77. The molecule has 0 unspecified atom stereocenters. The molecule has 0 amide bonds. The number of rotatable bonds is 3. The van der Waals surface area contributed by atoms with E-state index in [2.05, 4.69) is 54.5 Å². The van der Waals surface area contributed by atoms with Crippen LogP contribution in [-0.2, 0) is 11.2 Å². The van der Waals surface area contributed by atoms with Gasteiger partial charge >= 0.3 is 0 Å². The normalized spacial score (nSPS) is 10.1. The van der Waals surface area contributed by atoms with Crippen molar-refractivity contribution in [1.29, 1.82) is 0 Å². The standard InChI is InChI=1S/C9H7Br2IO/c10-5-7(13)4-6-2-1-3-8(12)9(6)11/h1-3H,4-5H2. The zero-order valence-corrected chi connectivity index (χ0v) is 12.0. The van der Waals surface area contributed by atoms with Crippen LogP contribution >= 0.6 is 54.5 Å². The van der Waals surface area contributed by atoms with Crippen molar-refractivity contribution in [3.63, 3.8) is 0 Å². The number of Topliss-reactive ketones (excluding diaryl/α,β-unsaturated/α-hetero) is 1. The van der Waals surface area contributed by atoms with Crippen molar-refractivity contribution >= 4 is 60.2 Å². The maximum absolute atomic E-state index is 11.2. The number of carbonyl (C=O) groups excluding carboxylic acids is 1. The van der Waals surface area contributed by atoms with Gasteiger partial charge in [0.2, 0.25) is 0 Å². The molecule has 70 valence electrons. The summed E-state index contributed by atoms with van der Waals surface area (Å²) >= 11 is 8.85. The molecule has 0 radical (unpaired) electrons. The Kier molecular flexibility index (Phi) is 4.89. The van der Waals surface area contributed by atoms with Crippen LogP contribution < -0.4 is 0 Å². The zero-order chi connectivity index (χ0) is 9.84. The molecule has 1 aromatic rings. The highest BCUT2D eigenvalue weighted by atomic mass is 127. The third kappa shape index (κ3) is 3.32. The summed E-state index contributed by atoms with van der Waals surface area (Å²) in [5.41, 5.74) is 1.05. The first-order chi connectivity index (χ1) is 6.15. The van der Waals surface area contributed by atoms with Gasteiger partial charge in [-0.05, 0) is 50.2 Å². The summed E-state index contributed by atoms with van der Waals surface area (Å²) in [5, 5.41) is 0.422. The second-order valence-corrected chi connectivity index (χ2v) is 5.08. The van der Waals surface area contributed by atoms with Crippen molar-refractivity contribution in [3.8, 4) is 0 Å². The lowest BCUT2D eigenvalue weighted by atomic mass is 10.1. The van der Waals surface area contributed by atoms with Crippen molar-refractivity contribution in [2.75, 3.05) is 5.33 Å². The molecule has 1 rings (SSSR count). The summed E-state index contributed by atoms with van der Waals surface area (Å²) in [6, 6.07) is 5.93. The monoisotopic (exact) mass is 416 g/mol. The van der Waals surface area contributed by atoms with Gasteiger partial charge in [-0.25, -0.2) is 0 Å². The van der Waals surface area contributed by atoms with E-state index in [-0.39, 0.29) is 5.78 Å². The number of hydrogen-bond acceptors (Lipinski definition) is 1. The van der Waals surface area contributed by atoms with Gasteiger partial charge in [-0.15, -0.1) is 0 Å². The van der Waals surface area contributed by atoms with Gasteiger partial charge in [0.15, 0.2) is 0 Å². The van der Waals surface area contributed by atoms with Crippen LogP contribution in [0.3, 0.4) is 0 Å². The molecule has 0 aliphatic carbocycles. The SMILES string of the molecule is O=C(CBr)Cc1cccc(I)c1Br. The molecule has 0 aliphatic heterocycles. The minimum atomic E-state index is 0.197. The Morgan fingerprint density at radius 1 is 1.46 bits per heavy atom. The smallest absolute Gasteiger partial charge is 0.147 e. The second-order valence-electron chi connectivity index (χ2n) is 2.56. The van der Waals surface area contributed by atoms with Crippen LogP contribution in [0, 0.1) is 3.57 Å². The van der Waals surface area contributed by atoms with Gasteiger partial charge in [0.05, 0.1) is 5.33 Å². The molecule has 4 heteroatoms. The Morgan fingerprint density at radius 3 is 2.77 bits per heavy atom. The van der Waals surface area contributed by atoms with Gasteiger partial charge in [0.25, 0.3) is 0 Å². The zero-order valence-electron chi connectivity index (χ0n) is 6.69. The highest BCUT2D eigenvalue weighted by molar-refractivity contribution is 14.1. The van der Waals surface area contributed by atoms with E-state index >= 15 is 0 Å². The van der Waals surface area contributed by atoms with E-state index in [0.29, 0.717) is 11.8 Å². The van der Waals surface area contributed by atoms with Crippen LogP contribution in [0.15, 0.2) is 22.7 Å². The lowest BCUT2D eigenvalue weighted by molar-refractivity contribution is -0.115. The molecule has 0 aliphatic rings. The molecule has 1 aromatic carbocycles. The largest absolute Gasteiger partial charge is 0.298 e. The van der Waals surface area contributed by atoms with E-state index < -0.39 is 0 Å². The van der Waals surface area contributed by atoms with Crippen LogP contribution in [-0.4, -0.2) is 11.1 Å². The highest BCUT2D eigenvalue weighted by Gasteiger charge is 2.07. The van der Waals surface area contributed by atoms with E-state index in [1.165, 1.54) is 0 Å². The average Bonchev–Trinajstić information content (AvgIpc) is 2.13. The summed E-state index contributed by atoms with van der Waals surface area (Å²) in [7, 11) is 0. The Bertz CT molecular complexity index is 325. The minimum absolute atomic E-state index is 0.197. The molecule has 0 bridgehead atoms. The van der Waals surface area contributed by atoms with E-state index in [0.717, 1.165) is 13.6 Å². The van der Waals surface area contributed by atoms with Gasteiger partial charge in [-0.2, -0.15) is 0 Å². The number of alkyl halides is 1. The van der Waals surface area contributed by atoms with E-state index in [9.17, 15) is 4.79 Å². The predicted molar refractivity (Wildman–Crippen MR) is 69.4 cm³/mol. The number of benzene rings is 1. The Labute approximate surface area is 108 Å². The molecule has 0 aromatic heterocycles. The van der Waals surface area contributed by atoms with Crippen LogP contribution in [0.2, 0.25) is 0 Å². The summed E-state index contributed by atoms with van der Waals surface area (Å²) in [6.45, 7) is 0. The Hall–Kier alpha value is 0.580. The maximum atomic E-state index is 11.2. The van der Waals surface area contributed by atoms with Crippen molar-refractivity contribution in [2.24, 2.45) is 0 Å². The number of carbonyl (C=O) groups is 1. The van der Waals surface area contributed by atoms with Crippen LogP contribution in [0.4, 0.5) is 0 Å². The van der Waals surface area contributed by atoms with Crippen molar-refractivity contribution < 1.29 is 4.79 Å². The molecule has 13 heavy (non-hydrogen) atoms.